The number of hydrogen-bond acceptors (Lipinski definition) is 4. The summed E-state index contributed by atoms with van der Waals surface area (Å²) in [6.07, 6.45) is 7.61. The molecule has 1 rings (SSSR count). The molecule has 0 fully saturated rings. The van der Waals surface area contributed by atoms with Crippen molar-refractivity contribution < 1.29 is 4.79 Å². The molecule has 1 N–H and O–H groups in total. The Balaban J connectivity index is 2.23. The number of hydrogen-bond donors (Lipinski definition) is 1. The van der Waals surface area contributed by atoms with Crippen molar-refractivity contribution in [3.05, 3.63) is 9.47 Å². The van der Waals surface area contributed by atoms with E-state index in [-0.39, 0.29) is 15.4 Å². The third-order valence-electron chi connectivity index (χ3n) is 1.63. The van der Waals surface area contributed by atoms with Crippen molar-refractivity contribution in [3.63, 3.8) is 0 Å². The molecule has 1 aromatic rings. The summed E-state index contributed by atoms with van der Waals surface area (Å²) in [5.74, 6) is 2.30. The molecule has 15 heavy (non-hydrogen) atoms. The predicted molar refractivity (Wildman–Crippen MR) is 59.9 cm³/mol. The molecule has 0 atom stereocenters. The molecule has 4 nitrogen and oxygen atoms in total. The molecule has 6 heteroatoms. The van der Waals surface area contributed by atoms with Gasteiger partial charge in [0.25, 0.3) is 5.91 Å². The highest BCUT2D eigenvalue weighted by atomic mass is 35.5. The number of rotatable bonds is 5. The quantitative estimate of drug-likeness (QED) is 0.633. The maximum absolute atomic E-state index is 11.4. The van der Waals surface area contributed by atoms with Crippen LogP contribution in [0.25, 0.3) is 0 Å². The topological polar surface area (TPSA) is 54.9 Å². The van der Waals surface area contributed by atoms with Crippen LogP contribution in [0.3, 0.4) is 0 Å². The van der Waals surface area contributed by atoms with Crippen LogP contribution in [0.2, 0.25) is 4.47 Å². The summed E-state index contributed by atoms with van der Waals surface area (Å²) in [4.78, 5) is 11.4. The zero-order chi connectivity index (χ0) is 11.1. The molecule has 0 aliphatic carbocycles. The molecule has 0 aliphatic rings. The zero-order valence-corrected chi connectivity index (χ0v) is 9.57. The van der Waals surface area contributed by atoms with Gasteiger partial charge in [-0.15, -0.1) is 22.5 Å². The van der Waals surface area contributed by atoms with Gasteiger partial charge in [-0.2, -0.15) is 0 Å². The van der Waals surface area contributed by atoms with Gasteiger partial charge in [0.15, 0.2) is 0 Å². The normalized spacial score (nSPS) is 9.60. The van der Waals surface area contributed by atoms with Gasteiger partial charge >= 0.3 is 0 Å². The molecule has 1 heterocycles. The van der Waals surface area contributed by atoms with E-state index < -0.39 is 0 Å². The predicted octanol–water partition coefficient (Wildman–Crippen LogP) is 1.72. The summed E-state index contributed by atoms with van der Waals surface area (Å²) in [5, 5.41) is 10.2. The van der Waals surface area contributed by atoms with E-state index in [2.05, 4.69) is 21.4 Å². The molecule has 0 saturated carbocycles. The van der Waals surface area contributed by atoms with Gasteiger partial charge in [-0.05, 0) is 24.4 Å². The largest absolute Gasteiger partial charge is 0.350 e. The fourth-order valence-corrected chi connectivity index (χ4v) is 1.67. The van der Waals surface area contributed by atoms with Crippen LogP contribution in [0, 0.1) is 12.3 Å². The van der Waals surface area contributed by atoms with Gasteiger partial charge in [0.1, 0.15) is 0 Å². The molecule has 0 unspecified atom stereocenters. The number of nitrogens with one attached hydrogen (secondary N) is 1. The number of amides is 1. The Labute approximate surface area is 97.0 Å². The van der Waals surface area contributed by atoms with E-state index >= 15 is 0 Å². The van der Waals surface area contributed by atoms with Crippen molar-refractivity contribution in [2.45, 2.75) is 19.3 Å². The minimum atomic E-state index is -0.236. The summed E-state index contributed by atoms with van der Waals surface area (Å²) in [5.41, 5.74) is 0. The van der Waals surface area contributed by atoms with Crippen molar-refractivity contribution in [2.24, 2.45) is 0 Å². The number of terminal acetylenes is 1. The average molecular weight is 244 g/mol. The SMILES string of the molecule is C#CCCCCNC(=O)c1nnc(Cl)s1. The lowest BCUT2D eigenvalue weighted by Crippen LogP contribution is -2.24. The summed E-state index contributed by atoms with van der Waals surface area (Å²) in [6.45, 7) is 0.595. The van der Waals surface area contributed by atoms with E-state index in [1.165, 1.54) is 0 Å². The Hall–Kier alpha value is -1.12. The van der Waals surface area contributed by atoms with Crippen LogP contribution in [0.15, 0.2) is 0 Å². The van der Waals surface area contributed by atoms with Crippen molar-refractivity contribution in [1.82, 2.24) is 15.5 Å². The van der Waals surface area contributed by atoms with E-state index in [9.17, 15) is 4.79 Å². The number of carbonyl (C=O) groups excluding carboxylic acids is 1. The Morgan fingerprint density at radius 3 is 2.93 bits per heavy atom. The van der Waals surface area contributed by atoms with Crippen molar-refractivity contribution >= 4 is 28.8 Å². The van der Waals surface area contributed by atoms with Crippen LogP contribution < -0.4 is 5.32 Å². The Bertz CT molecular complexity index is 372. The average Bonchev–Trinajstić information content (AvgIpc) is 2.64. The Morgan fingerprint density at radius 2 is 2.33 bits per heavy atom. The molecule has 0 aromatic carbocycles. The fourth-order valence-electron chi connectivity index (χ4n) is 0.927. The molecule has 1 aromatic heterocycles. The summed E-state index contributed by atoms with van der Waals surface area (Å²) >= 11 is 6.61. The van der Waals surface area contributed by atoms with E-state index in [1.807, 2.05) is 0 Å². The van der Waals surface area contributed by atoms with Crippen LogP contribution in [-0.4, -0.2) is 22.6 Å². The van der Waals surface area contributed by atoms with Crippen LogP contribution in [0.1, 0.15) is 29.1 Å². The second-order valence-electron chi connectivity index (χ2n) is 2.78. The van der Waals surface area contributed by atoms with Gasteiger partial charge in [-0.1, -0.05) is 11.3 Å². The van der Waals surface area contributed by atoms with Gasteiger partial charge in [-0.25, -0.2) is 0 Å². The molecule has 0 saturated heterocycles. The van der Waals surface area contributed by atoms with Gasteiger partial charge in [0, 0.05) is 13.0 Å². The Morgan fingerprint density at radius 1 is 1.53 bits per heavy atom. The maximum atomic E-state index is 11.4. The maximum Gasteiger partial charge on any atom is 0.282 e. The monoisotopic (exact) mass is 243 g/mol. The summed E-state index contributed by atoms with van der Waals surface area (Å²) in [7, 11) is 0. The first-order chi connectivity index (χ1) is 7.24. The van der Waals surface area contributed by atoms with Crippen LogP contribution in [0.4, 0.5) is 0 Å². The second-order valence-corrected chi connectivity index (χ2v) is 4.34. The molecule has 0 spiro atoms. The molecular weight excluding hydrogens is 234 g/mol. The lowest BCUT2D eigenvalue weighted by Gasteiger charge is -2.00. The van der Waals surface area contributed by atoms with Crippen LogP contribution >= 0.6 is 22.9 Å². The number of halogens is 1. The van der Waals surface area contributed by atoms with Gasteiger partial charge in [-0.3, -0.25) is 4.79 Å². The second kappa shape index (κ2) is 6.38. The first kappa shape index (κ1) is 12.0. The van der Waals surface area contributed by atoms with Crippen LogP contribution in [0.5, 0.6) is 0 Å². The van der Waals surface area contributed by atoms with Crippen molar-refractivity contribution in [3.8, 4) is 12.3 Å². The highest BCUT2D eigenvalue weighted by molar-refractivity contribution is 7.17. The van der Waals surface area contributed by atoms with E-state index in [0.717, 1.165) is 30.6 Å². The highest BCUT2D eigenvalue weighted by Gasteiger charge is 2.10. The molecular formula is C9H10ClN3OS. The first-order valence-corrected chi connectivity index (χ1v) is 5.64. The van der Waals surface area contributed by atoms with Crippen LogP contribution in [-0.2, 0) is 0 Å². The summed E-state index contributed by atoms with van der Waals surface area (Å²) in [6, 6.07) is 0. The van der Waals surface area contributed by atoms with Crippen molar-refractivity contribution in [2.75, 3.05) is 6.54 Å². The van der Waals surface area contributed by atoms with E-state index in [0.29, 0.717) is 6.54 Å². The number of nitrogens with zero attached hydrogens (tertiary/aromatic N) is 2. The van der Waals surface area contributed by atoms with E-state index in [1.54, 1.807) is 0 Å². The highest BCUT2D eigenvalue weighted by Crippen LogP contribution is 2.14. The number of unbranched alkanes of at least 4 members (excludes halogenated alkanes) is 2. The molecule has 0 bridgehead atoms. The number of aromatic nitrogens is 2. The molecule has 0 radical (unpaired) electrons. The Kier molecular flexibility index (Phi) is 5.08. The third kappa shape index (κ3) is 4.28. The molecule has 1 amide bonds. The smallest absolute Gasteiger partial charge is 0.282 e. The fraction of sp³-hybridized carbons (Fsp3) is 0.444. The zero-order valence-electron chi connectivity index (χ0n) is 7.99. The minimum absolute atomic E-state index is 0.236. The number of carbonyl (C=O) groups is 1. The third-order valence-corrected chi connectivity index (χ3v) is 2.65. The van der Waals surface area contributed by atoms with Gasteiger partial charge in [0.2, 0.25) is 9.47 Å². The first-order valence-electron chi connectivity index (χ1n) is 4.44. The molecule has 80 valence electrons. The summed E-state index contributed by atoms with van der Waals surface area (Å²) < 4.78 is 0.271. The van der Waals surface area contributed by atoms with E-state index in [4.69, 9.17) is 18.0 Å². The minimum Gasteiger partial charge on any atom is -0.350 e. The van der Waals surface area contributed by atoms with Crippen molar-refractivity contribution in [1.29, 1.82) is 0 Å². The standard InChI is InChI=1S/C9H10ClN3OS/c1-2-3-4-5-6-11-7(14)8-12-13-9(10)15-8/h1H,3-6H2,(H,11,14). The lowest BCUT2D eigenvalue weighted by molar-refractivity contribution is 0.0952. The lowest BCUT2D eigenvalue weighted by atomic mass is 10.2. The van der Waals surface area contributed by atoms with Gasteiger partial charge < -0.3 is 5.32 Å². The molecule has 0 aliphatic heterocycles. The van der Waals surface area contributed by atoms with Gasteiger partial charge in [0.05, 0.1) is 0 Å².